The summed E-state index contributed by atoms with van der Waals surface area (Å²) in [5, 5.41) is 6.78. The van der Waals surface area contributed by atoms with E-state index in [0.29, 0.717) is 18.4 Å². The molecule has 9 heteroatoms. The zero-order valence-electron chi connectivity index (χ0n) is 10.1. The molecular formula is C9H14N8O. The van der Waals surface area contributed by atoms with Crippen LogP contribution in [0, 0.1) is 0 Å². The molecule has 0 amide bonds. The molecule has 0 aromatic carbocycles. The van der Waals surface area contributed by atoms with Crippen LogP contribution in [-0.2, 0) is 6.54 Å². The normalized spacial score (nSPS) is 10.2. The number of hydrogen-bond donors (Lipinski definition) is 3. The quantitative estimate of drug-likeness (QED) is 0.490. The molecule has 2 rings (SSSR count). The SMILES string of the molecule is CN(C)c1nc(NN)nc(NCc2ccon2)n1. The fourth-order valence-electron chi connectivity index (χ4n) is 1.21. The molecule has 2 aromatic rings. The third-order valence-corrected chi connectivity index (χ3v) is 2.07. The van der Waals surface area contributed by atoms with Crippen molar-refractivity contribution in [2.75, 3.05) is 29.7 Å². The highest BCUT2D eigenvalue weighted by atomic mass is 16.5. The molecule has 0 saturated carbocycles. The van der Waals surface area contributed by atoms with Crippen LogP contribution < -0.4 is 21.5 Å². The van der Waals surface area contributed by atoms with Gasteiger partial charge in [0, 0.05) is 20.2 Å². The van der Waals surface area contributed by atoms with Gasteiger partial charge in [-0.05, 0) is 0 Å². The molecule has 0 aliphatic rings. The molecule has 2 aromatic heterocycles. The lowest BCUT2D eigenvalue weighted by Gasteiger charge is -2.12. The maximum Gasteiger partial charge on any atom is 0.243 e. The number of nitrogen functional groups attached to an aromatic ring is 1. The Bertz CT molecular complexity index is 497. The van der Waals surface area contributed by atoms with Crippen LogP contribution in [0.2, 0.25) is 0 Å². The van der Waals surface area contributed by atoms with Crippen molar-refractivity contribution in [1.29, 1.82) is 0 Å². The summed E-state index contributed by atoms with van der Waals surface area (Å²) >= 11 is 0. The van der Waals surface area contributed by atoms with E-state index in [4.69, 9.17) is 10.4 Å². The van der Waals surface area contributed by atoms with Gasteiger partial charge in [-0.2, -0.15) is 15.0 Å². The van der Waals surface area contributed by atoms with Crippen molar-refractivity contribution in [2.24, 2.45) is 5.84 Å². The molecule has 18 heavy (non-hydrogen) atoms. The molecular weight excluding hydrogens is 236 g/mol. The molecule has 0 aliphatic carbocycles. The van der Waals surface area contributed by atoms with Crippen LogP contribution in [0.4, 0.5) is 17.8 Å². The lowest BCUT2D eigenvalue weighted by Crippen LogP contribution is -2.19. The van der Waals surface area contributed by atoms with Crippen LogP contribution in [-0.4, -0.2) is 34.2 Å². The predicted octanol–water partition coefficient (Wildman–Crippen LogP) is -0.177. The van der Waals surface area contributed by atoms with Gasteiger partial charge in [-0.25, -0.2) is 5.84 Å². The summed E-state index contributed by atoms with van der Waals surface area (Å²) in [6, 6.07) is 1.75. The van der Waals surface area contributed by atoms with Gasteiger partial charge in [0.05, 0.1) is 6.54 Å². The van der Waals surface area contributed by atoms with Crippen molar-refractivity contribution in [3.05, 3.63) is 18.0 Å². The van der Waals surface area contributed by atoms with Gasteiger partial charge in [0.15, 0.2) is 0 Å². The van der Waals surface area contributed by atoms with Crippen LogP contribution in [0.25, 0.3) is 0 Å². The van der Waals surface area contributed by atoms with Crippen molar-refractivity contribution < 1.29 is 4.52 Å². The first-order valence-corrected chi connectivity index (χ1v) is 5.22. The number of hydrogen-bond acceptors (Lipinski definition) is 9. The minimum atomic E-state index is 0.288. The van der Waals surface area contributed by atoms with E-state index in [9.17, 15) is 0 Å². The number of hydrazine groups is 1. The molecule has 0 spiro atoms. The van der Waals surface area contributed by atoms with Gasteiger partial charge in [-0.15, -0.1) is 0 Å². The van der Waals surface area contributed by atoms with Crippen molar-refractivity contribution in [2.45, 2.75) is 6.54 Å². The first kappa shape index (κ1) is 12.0. The molecule has 0 fully saturated rings. The van der Waals surface area contributed by atoms with Gasteiger partial charge in [0.2, 0.25) is 17.8 Å². The predicted molar refractivity (Wildman–Crippen MR) is 65.8 cm³/mol. The van der Waals surface area contributed by atoms with Crippen molar-refractivity contribution >= 4 is 17.8 Å². The summed E-state index contributed by atoms with van der Waals surface area (Å²) < 4.78 is 4.73. The van der Waals surface area contributed by atoms with Gasteiger partial charge >= 0.3 is 0 Å². The van der Waals surface area contributed by atoms with Crippen LogP contribution in [0.1, 0.15) is 5.69 Å². The highest BCUT2D eigenvalue weighted by Crippen LogP contribution is 2.11. The Hall–Kier alpha value is -2.42. The van der Waals surface area contributed by atoms with Crippen molar-refractivity contribution in [1.82, 2.24) is 20.1 Å². The Kier molecular flexibility index (Phi) is 3.53. The van der Waals surface area contributed by atoms with E-state index in [0.717, 1.165) is 5.69 Å². The van der Waals surface area contributed by atoms with Crippen LogP contribution in [0.3, 0.4) is 0 Å². The van der Waals surface area contributed by atoms with Crippen LogP contribution in [0.5, 0.6) is 0 Å². The van der Waals surface area contributed by atoms with Gasteiger partial charge in [-0.1, -0.05) is 5.16 Å². The van der Waals surface area contributed by atoms with Crippen LogP contribution >= 0.6 is 0 Å². The first-order valence-electron chi connectivity index (χ1n) is 5.22. The van der Waals surface area contributed by atoms with E-state index in [1.165, 1.54) is 6.26 Å². The summed E-state index contributed by atoms with van der Waals surface area (Å²) in [5.74, 6) is 6.50. The number of anilines is 3. The molecule has 0 bridgehead atoms. The van der Waals surface area contributed by atoms with Gasteiger partial charge in [-0.3, -0.25) is 5.43 Å². The molecule has 0 unspecified atom stereocenters. The standard InChI is InChI=1S/C9H14N8O/c1-17(2)9-13-7(12-8(14-9)15-10)11-5-6-3-4-18-16-6/h3-4H,5,10H2,1-2H3,(H2,11,12,13,14,15). The van der Waals surface area contributed by atoms with Crippen molar-refractivity contribution in [3.63, 3.8) is 0 Å². The topological polar surface area (TPSA) is 118 Å². The fourth-order valence-corrected chi connectivity index (χ4v) is 1.21. The average Bonchev–Trinajstić information content (AvgIpc) is 2.89. The van der Waals surface area contributed by atoms with Gasteiger partial charge < -0.3 is 14.7 Å². The molecule has 9 nitrogen and oxygen atoms in total. The van der Waals surface area contributed by atoms with Gasteiger partial charge in [0.1, 0.15) is 12.0 Å². The Balaban J connectivity index is 2.13. The Morgan fingerprint density at radius 2 is 2.06 bits per heavy atom. The Morgan fingerprint density at radius 3 is 2.67 bits per heavy atom. The highest BCUT2D eigenvalue weighted by molar-refractivity contribution is 5.42. The number of nitrogens with one attached hydrogen (secondary N) is 2. The molecule has 4 N–H and O–H groups in total. The minimum absolute atomic E-state index is 0.288. The van der Waals surface area contributed by atoms with E-state index < -0.39 is 0 Å². The number of rotatable bonds is 5. The van der Waals surface area contributed by atoms with Gasteiger partial charge in [0.25, 0.3) is 0 Å². The second-order valence-electron chi connectivity index (χ2n) is 3.67. The van der Waals surface area contributed by atoms with E-state index in [-0.39, 0.29) is 5.95 Å². The summed E-state index contributed by atoms with van der Waals surface area (Å²) in [4.78, 5) is 14.1. The summed E-state index contributed by atoms with van der Waals surface area (Å²) in [6.45, 7) is 0.456. The fraction of sp³-hybridized carbons (Fsp3) is 0.333. The van der Waals surface area contributed by atoms with E-state index in [1.54, 1.807) is 11.0 Å². The molecule has 0 saturated heterocycles. The molecule has 0 radical (unpaired) electrons. The number of nitrogens with two attached hydrogens (primary N) is 1. The first-order chi connectivity index (χ1) is 8.69. The maximum atomic E-state index is 5.30. The lowest BCUT2D eigenvalue weighted by atomic mass is 10.4. The zero-order valence-corrected chi connectivity index (χ0v) is 10.1. The second kappa shape index (κ2) is 5.27. The summed E-state index contributed by atoms with van der Waals surface area (Å²) in [6.07, 6.45) is 1.50. The lowest BCUT2D eigenvalue weighted by molar-refractivity contribution is 0.412. The Labute approximate surface area is 103 Å². The largest absolute Gasteiger partial charge is 0.364 e. The van der Waals surface area contributed by atoms with Crippen molar-refractivity contribution in [3.8, 4) is 0 Å². The smallest absolute Gasteiger partial charge is 0.243 e. The van der Waals surface area contributed by atoms with E-state index in [2.05, 4.69) is 30.9 Å². The Morgan fingerprint density at radius 1 is 1.28 bits per heavy atom. The molecule has 96 valence electrons. The number of aromatic nitrogens is 4. The maximum absolute atomic E-state index is 5.30. The minimum Gasteiger partial charge on any atom is -0.364 e. The molecule has 0 aliphatic heterocycles. The number of nitrogens with zero attached hydrogens (tertiary/aromatic N) is 5. The summed E-state index contributed by atoms with van der Waals surface area (Å²) in [7, 11) is 3.66. The molecule has 0 atom stereocenters. The van der Waals surface area contributed by atoms with E-state index >= 15 is 0 Å². The third kappa shape index (κ3) is 2.83. The molecule has 2 heterocycles. The monoisotopic (exact) mass is 250 g/mol. The highest BCUT2D eigenvalue weighted by Gasteiger charge is 2.07. The average molecular weight is 250 g/mol. The third-order valence-electron chi connectivity index (χ3n) is 2.07. The van der Waals surface area contributed by atoms with Crippen LogP contribution in [0.15, 0.2) is 16.9 Å². The second-order valence-corrected chi connectivity index (χ2v) is 3.67. The zero-order chi connectivity index (χ0) is 13.0. The van der Waals surface area contributed by atoms with E-state index in [1.807, 2.05) is 14.1 Å². The summed E-state index contributed by atoms with van der Waals surface area (Å²) in [5.41, 5.74) is 3.15.